The van der Waals surface area contributed by atoms with Crippen molar-refractivity contribution in [3.63, 3.8) is 0 Å². The molecule has 0 heterocycles. The van der Waals surface area contributed by atoms with E-state index in [2.05, 4.69) is 17.6 Å². The maximum atomic E-state index is 11.7. The van der Waals surface area contributed by atoms with Crippen LogP contribution in [0.2, 0.25) is 0 Å². The van der Waals surface area contributed by atoms with E-state index >= 15 is 0 Å². The van der Waals surface area contributed by atoms with Crippen LogP contribution in [0.3, 0.4) is 0 Å². The topological polar surface area (TPSA) is 78.4 Å². The average Bonchev–Trinajstić information content (AvgIpc) is 2.96. The number of aliphatic carboxylic acids is 1. The van der Waals surface area contributed by atoms with Crippen LogP contribution in [0, 0.1) is 17.8 Å². The van der Waals surface area contributed by atoms with Gasteiger partial charge in [0.2, 0.25) is 0 Å². The molecule has 4 unspecified atom stereocenters. The number of hydrogen-bond acceptors (Lipinski definition) is 2. The zero-order chi connectivity index (χ0) is 13.8. The van der Waals surface area contributed by atoms with E-state index in [-0.39, 0.29) is 18.5 Å². The Hall–Kier alpha value is -1.26. The van der Waals surface area contributed by atoms with Crippen LogP contribution in [0.25, 0.3) is 0 Å². The highest BCUT2D eigenvalue weighted by Gasteiger charge is 2.42. The number of nitrogens with one attached hydrogen (secondary N) is 2. The van der Waals surface area contributed by atoms with Crippen LogP contribution in [0.15, 0.2) is 0 Å². The van der Waals surface area contributed by atoms with Gasteiger partial charge in [0.1, 0.15) is 0 Å². The summed E-state index contributed by atoms with van der Waals surface area (Å²) in [6, 6.07) is 0.0513. The van der Waals surface area contributed by atoms with E-state index in [4.69, 9.17) is 5.11 Å². The zero-order valence-electron chi connectivity index (χ0n) is 11.5. The lowest BCUT2D eigenvalue weighted by Gasteiger charge is -2.28. The fraction of sp³-hybridized carbons (Fsp3) is 0.857. The first-order valence-electron chi connectivity index (χ1n) is 7.32. The largest absolute Gasteiger partial charge is 0.481 e. The number of urea groups is 1. The summed E-state index contributed by atoms with van der Waals surface area (Å²) in [7, 11) is 0. The van der Waals surface area contributed by atoms with Crippen molar-refractivity contribution in [1.82, 2.24) is 10.6 Å². The number of carbonyl (C=O) groups is 2. The van der Waals surface area contributed by atoms with Gasteiger partial charge in [0.25, 0.3) is 0 Å². The Balaban J connectivity index is 1.63. The molecule has 2 rings (SSSR count). The number of carbonyl (C=O) groups excluding carboxylic acids is 1. The third-order valence-electron chi connectivity index (χ3n) is 4.65. The molecule has 19 heavy (non-hydrogen) atoms. The monoisotopic (exact) mass is 268 g/mol. The number of carboxylic acids is 1. The minimum Gasteiger partial charge on any atom is -0.481 e. The average molecular weight is 268 g/mol. The van der Waals surface area contributed by atoms with Crippen LogP contribution >= 0.6 is 0 Å². The lowest BCUT2D eigenvalue weighted by Crippen LogP contribution is -2.45. The number of hydrogen-bond donors (Lipinski definition) is 3. The molecule has 3 N–H and O–H groups in total. The first kappa shape index (κ1) is 14.2. The quantitative estimate of drug-likeness (QED) is 0.644. The van der Waals surface area contributed by atoms with Gasteiger partial charge < -0.3 is 15.7 Å². The van der Waals surface area contributed by atoms with Crippen LogP contribution in [-0.2, 0) is 4.79 Å². The summed E-state index contributed by atoms with van der Waals surface area (Å²) in [5.41, 5.74) is 0. The van der Waals surface area contributed by atoms with Crippen LogP contribution in [-0.4, -0.2) is 29.7 Å². The molecule has 4 atom stereocenters. The normalized spacial score (nSPS) is 30.1. The predicted molar refractivity (Wildman–Crippen MR) is 71.8 cm³/mol. The van der Waals surface area contributed by atoms with E-state index in [1.54, 1.807) is 0 Å². The molecule has 5 nitrogen and oxygen atoms in total. The number of rotatable bonds is 6. The molecule has 2 bridgehead atoms. The van der Waals surface area contributed by atoms with Crippen molar-refractivity contribution in [2.45, 2.75) is 51.5 Å². The Morgan fingerprint density at radius 3 is 2.68 bits per heavy atom. The molecule has 2 amide bonds. The highest BCUT2D eigenvalue weighted by Crippen LogP contribution is 2.49. The van der Waals surface area contributed by atoms with E-state index < -0.39 is 5.97 Å². The third kappa shape index (κ3) is 3.85. The summed E-state index contributed by atoms with van der Waals surface area (Å²) in [5, 5.41) is 14.2. The highest BCUT2D eigenvalue weighted by molar-refractivity contribution is 5.74. The van der Waals surface area contributed by atoms with Gasteiger partial charge in [-0.3, -0.25) is 4.79 Å². The Bertz CT molecular complexity index is 346. The Morgan fingerprint density at radius 2 is 2.11 bits per heavy atom. The van der Waals surface area contributed by atoms with Crippen molar-refractivity contribution in [3.05, 3.63) is 0 Å². The van der Waals surface area contributed by atoms with Crippen molar-refractivity contribution in [3.8, 4) is 0 Å². The molecule has 2 saturated carbocycles. The number of carboxylic acid groups (broad SMARTS) is 1. The SMILES string of the molecule is CC(NC(=O)NCCCC(=O)O)C1CC2CCC1C2. The van der Waals surface area contributed by atoms with Crippen molar-refractivity contribution in [1.29, 1.82) is 0 Å². The predicted octanol–water partition coefficient (Wildman–Crippen LogP) is 1.98. The Labute approximate surface area is 114 Å². The lowest BCUT2D eigenvalue weighted by molar-refractivity contribution is -0.137. The molecule has 2 aliphatic carbocycles. The summed E-state index contributed by atoms with van der Waals surface area (Å²) in [5.74, 6) is 1.49. The molecule has 0 aliphatic heterocycles. The van der Waals surface area contributed by atoms with E-state index in [1.165, 1.54) is 25.7 Å². The van der Waals surface area contributed by atoms with Crippen LogP contribution in [0.1, 0.15) is 45.4 Å². The van der Waals surface area contributed by atoms with Crippen molar-refractivity contribution >= 4 is 12.0 Å². The molecule has 0 aromatic carbocycles. The maximum absolute atomic E-state index is 11.7. The second kappa shape index (κ2) is 6.26. The fourth-order valence-electron chi connectivity index (χ4n) is 3.71. The molecule has 2 aliphatic rings. The molecular formula is C14H24N2O3. The molecule has 2 fully saturated rings. The Kier molecular flexibility index (Phi) is 4.66. The minimum absolute atomic E-state index is 0.0994. The maximum Gasteiger partial charge on any atom is 0.315 e. The van der Waals surface area contributed by atoms with E-state index in [9.17, 15) is 9.59 Å². The van der Waals surface area contributed by atoms with Gasteiger partial charge in [0, 0.05) is 19.0 Å². The molecule has 0 aromatic rings. The Morgan fingerprint density at radius 1 is 1.32 bits per heavy atom. The van der Waals surface area contributed by atoms with Gasteiger partial charge in [-0.1, -0.05) is 6.42 Å². The molecule has 5 heteroatoms. The first-order valence-corrected chi connectivity index (χ1v) is 7.32. The standard InChI is InChI=1S/C14H24N2O3/c1-9(12-8-10-4-5-11(12)7-10)16-14(19)15-6-2-3-13(17)18/h9-12H,2-8H2,1H3,(H,17,18)(H2,15,16,19). The second-order valence-electron chi connectivity index (χ2n) is 6.02. The van der Waals surface area contributed by atoms with Gasteiger partial charge in [0.15, 0.2) is 0 Å². The van der Waals surface area contributed by atoms with E-state index in [1.807, 2.05) is 0 Å². The molecule has 0 radical (unpaired) electrons. The van der Waals surface area contributed by atoms with Gasteiger partial charge in [-0.15, -0.1) is 0 Å². The van der Waals surface area contributed by atoms with Gasteiger partial charge in [-0.2, -0.15) is 0 Å². The zero-order valence-corrected chi connectivity index (χ0v) is 11.5. The molecule has 108 valence electrons. The van der Waals surface area contributed by atoms with Crippen molar-refractivity contribution in [2.24, 2.45) is 17.8 Å². The van der Waals surface area contributed by atoms with E-state index in [0.717, 1.165) is 11.8 Å². The molecular weight excluding hydrogens is 244 g/mol. The van der Waals surface area contributed by atoms with Crippen molar-refractivity contribution in [2.75, 3.05) is 6.54 Å². The minimum atomic E-state index is -0.822. The molecule has 0 saturated heterocycles. The summed E-state index contributed by atoms with van der Waals surface area (Å²) in [6.45, 7) is 2.50. The summed E-state index contributed by atoms with van der Waals surface area (Å²) in [6.07, 6.45) is 5.87. The smallest absolute Gasteiger partial charge is 0.315 e. The van der Waals surface area contributed by atoms with Gasteiger partial charge in [0.05, 0.1) is 0 Å². The van der Waals surface area contributed by atoms with Crippen LogP contribution < -0.4 is 10.6 Å². The van der Waals surface area contributed by atoms with Crippen LogP contribution in [0.5, 0.6) is 0 Å². The lowest BCUT2D eigenvalue weighted by atomic mass is 9.84. The van der Waals surface area contributed by atoms with Gasteiger partial charge in [-0.05, 0) is 50.4 Å². The van der Waals surface area contributed by atoms with Gasteiger partial charge >= 0.3 is 12.0 Å². The number of fused-ring (bicyclic) bond motifs is 2. The van der Waals surface area contributed by atoms with Gasteiger partial charge in [-0.25, -0.2) is 4.79 Å². The van der Waals surface area contributed by atoms with Crippen LogP contribution in [0.4, 0.5) is 4.79 Å². The number of amides is 2. The van der Waals surface area contributed by atoms with Crippen molar-refractivity contribution < 1.29 is 14.7 Å². The van der Waals surface area contributed by atoms with E-state index in [0.29, 0.717) is 18.9 Å². The molecule has 0 aromatic heterocycles. The third-order valence-corrected chi connectivity index (χ3v) is 4.65. The fourth-order valence-corrected chi connectivity index (χ4v) is 3.71. The first-order chi connectivity index (χ1) is 9.06. The summed E-state index contributed by atoms with van der Waals surface area (Å²) >= 11 is 0. The summed E-state index contributed by atoms with van der Waals surface area (Å²) in [4.78, 5) is 22.0. The summed E-state index contributed by atoms with van der Waals surface area (Å²) < 4.78 is 0. The second-order valence-corrected chi connectivity index (χ2v) is 6.02. The highest BCUT2D eigenvalue weighted by atomic mass is 16.4. The molecule has 0 spiro atoms.